The van der Waals surface area contributed by atoms with Gasteiger partial charge in [0.1, 0.15) is 20.7 Å². The Morgan fingerprint density at radius 1 is 1.04 bits per heavy atom. The van der Waals surface area contributed by atoms with Gasteiger partial charge in [-0.2, -0.15) is 4.98 Å². The molecule has 3 aromatic rings. The summed E-state index contributed by atoms with van der Waals surface area (Å²) in [5, 5.41) is 4.45. The Labute approximate surface area is 300 Å². The van der Waals surface area contributed by atoms with Crippen molar-refractivity contribution in [2.75, 3.05) is 36.4 Å². The molecular weight excluding hydrogens is 744 g/mol. The lowest BCUT2D eigenvalue weighted by atomic mass is 9.91. The van der Waals surface area contributed by atoms with Crippen molar-refractivity contribution < 1.29 is 13.9 Å². The van der Waals surface area contributed by atoms with Gasteiger partial charge in [-0.25, -0.2) is 14.2 Å². The molecule has 1 saturated carbocycles. The number of hydrogen-bond donors (Lipinski definition) is 1. The predicted molar refractivity (Wildman–Crippen MR) is 199 cm³/mol. The fourth-order valence-corrected chi connectivity index (χ4v) is 8.47. The predicted octanol–water partition coefficient (Wildman–Crippen LogP) is 7.97. The van der Waals surface area contributed by atoms with Gasteiger partial charge in [-0.3, -0.25) is 4.99 Å². The fraction of sp³-hybridized carbons (Fsp3) is 0.556. The van der Waals surface area contributed by atoms with Crippen molar-refractivity contribution in [2.45, 2.75) is 104 Å². The molecule has 1 amide bonds. The zero-order valence-electron chi connectivity index (χ0n) is 28.5. The van der Waals surface area contributed by atoms with Crippen LogP contribution in [0.1, 0.15) is 77.0 Å². The van der Waals surface area contributed by atoms with Crippen LogP contribution in [0, 0.1) is 12.7 Å². The SMILES string of the molecule is Cc1ccc2c(c1-c1c(Cl)cc3c(N4C[C@@H](C)N(C(=O)OC(C)(C)C)C[C@@H]4C)nc(NC4CCN(C5CC5)CC4)nc3c1F)C(I)=NC2. The molecule has 48 heavy (non-hydrogen) atoms. The summed E-state index contributed by atoms with van der Waals surface area (Å²) in [6, 6.07) is 6.53. The van der Waals surface area contributed by atoms with Crippen LogP contribution >= 0.6 is 34.2 Å². The Hall–Kier alpha value is -2.77. The first-order valence-electron chi connectivity index (χ1n) is 17.1. The largest absolute Gasteiger partial charge is 0.444 e. The summed E-state index contributed by atoms with van der Waals surface area (Å²) in [4.78, 5) is 34.2. The standard InChI is InChI=1S/C36H44ClFIN7O2/c1-19-7-8-22-16-40-32(39)28(22)27(19)29-26(37)15-25-31(30(29)38)42-34(41-23-11-13-44(14-12-23)24-9-10-24)43-33(25)45-17-21(3)46(18-20(45)2)35(47)48-36(4,5)6/h7-8,15,20-21,23-24H,9-14,16-18H2,1-6H3,(H,41,42,43)/t20-,21+/m0/s1. The first kappa shape index (κ1) is 33.7. The topological polar surface area (TPSA) is 86.2 Å². The first-order valence-corrected chi connectivity index (χ1v) is 18.5. The molecule has 1 N–H and O–H groups in total. The maximum Gasteiger partial charge on any atom is 0.410 e. The van der Waals surface area contributed by atoms with Gasteiger partial charge in [-0.05, 0) is 113 Å². The van der Waals surface area contributed by atoms with Crippen molar-refractivity contribution in [3.63, 3.8) is 0 Å². The van der Waals surface area contributed by atoms with Gasteiger partial charge >= 0.3 is 6.09 Å². The average Bonchev–Trinajstić information content (AvgIpc) is 3.81. The van der Waals surface area contributed by atoms with Crippen molar-refractivity contribution in [3.05, 3.63) is 45.7 Å². The molecule has 0 spiro atoms. The molecule has 0 bridgehead atoms. The number of likely N-dealkylation sites (tertiary alicyclic amines) is 1. The minimum absolute atomic E-state index is 0.125. The normalized spacial score (nSPS) is 22.2. The number of fused-ring (bicyclic) bond motifs is 2. The van der Waals surface area contributed by atoms with E-state index in [1.54, 1.807) is 4.90 Å². The molecule has 256 valence electrons. The van der Waals surface area contributed by atoms with E-state index >= 15 is 4.39 Å². The second-order valence-electron chi connectivity index (χ2n) is 14.9. The number of nitrogens with zero attached hydrogens (tertiary/aromatic N) is 6. The molecule has 2 saturated heterocycles. The zero-order valence-corrected chi connectivity index (χ0v) is 31.5. The molecule has 4 aliphatic rings. The monoisotopic (exact) mass is 787 g/mol. The van der Waals surface area contributed by atoms with E-state index in [0.717, 1.165) is 57.9 Å². The highest BCUT2D eigenvalue weighted by molar-refractivity contribution is 14.1. The van der Waals surface area contributed by atoms with Crippen LogP contribution in [0.2, 0.25) is 5.02 Å². The summed E-state index contributed by atoms with van der Waals surface area (Å²) in [6.07, 6.45) is 4.22. The minimum atomic E-state index is -0.595. The Balaban J connectivity index is 1.31. The quantitative estimate of drug-likeness (QED) is 0.263. The molecule has 0 unspecified atom stereocenters. The van der Waals surface area contributed by atoms with Gasteiger partial charge in [0, 0.05) is 66.9 Å². The summed E-state index contributed by atoms with van der Waals surface area (Å²) in [5.41, 5.74) is 3.66. The summed E-state index contributed by atoms with van der Waals surface area (Å²) in [5.74, 6) is 0.559. The smallest absolute Gasteiger partial charge is 0.410 e. The number of benzene rings is 2. The summed E-state index contributed by atoms with van der Waals surface area (Å²) in [7, 11) is 0. The Morgan fingerprint density at radius 2 is 1.77 bits per heavy atom. The molecule has 3 aliphatic heterocycles. The zero-order chi connectivity index (χ0) is 34.1. The summed E-state index contributed by atoms with van der Waals surface area (Å²) >= 11 is 9.29. The van der Waals surface area contributed by atoms with Crippen LogP contribution in [0.3, 0.4) is 0 Å². The number of hydrogen-bond acceptors (Lipinski definition) is 8. The van der Waals surface area contributed by atoms with Gasteiger partial charge in [0.15, 0.2) is 5.82 Å². The van der Waals surface area contributed by atoms with E-state index in [4.69, 9.17) is 26.3 Å². The number of anilines is 2. The van der Waals surface area contributed by atoms with Crippen molar-refractivity contribution in [1.82, 2.24) is 19.8 Å². The number of halogens is 3. The number of rotatable bonds is 5. The van der Waals surface area contributed by atoms with Gasteiger partial charge in [-0.1, -0.05) is 23.7 Å². The lowest BCUT2D eigenvalue weighted by Gasteiger charge is -2.45. The van der Waals surface area contributed by atoms with Crippen LogP contribution in [0.4, 0.5) is 21.0 Å². The number of ether oxygens (including phenoxy) is 1. The van der Waals surface area contributed by atoms with Crippen LogP contribution in [-0.4, -0.2) is 85.5 Å². The molecular formula is C36H44ClFIN7O2. The third-order valence-electron chi connectivity index (χ3n) is 10.0. The number of carbonyl (C=O) groups excluding carboxylic acids is 1. The maximum atomic E-state index is 17.2. The Morgan fingerprint density at radius 3 is 2.46 bits per heavy atom. The molecule has 4 heterocycles. The van der Waals surface area contributed by atoms with Crippen molar-refractivity contribution >= 4 is 66.7 Å². The number of amides is 1. The molecule has 2 atom stereocenters. The highest BCUT2D eigenvalue weighted by atomic mass is 127. The molecule has 0 radical (unpaired) electrons. The molecule has 7 rings (SSSR count). The summed E-state index contributed by atoms with van der Waals surface area (Å²) < 4.78 is 23.8. The van der Waals surface area contributed by atoms with Crippen LogP contribution in [0.5, 0.6) is 0 Å². The molecule has 12 heteroatoms. The highest BCUT2D eigenvalue weighted by Crippen LogP contribution is 2.44. The summed E-state index contributed by atoms with van der Waals surface area (Å²) in [6.45, 7) is 15.2. The van der Waals surface area contributed by atoms with E-state index in [1.165, 1.54) is 12.8 Å². The number of carbonyl (C=O) groups is 1. The first-order chi connectivity index (χ1) is 22.8. The molecule has 3 fully saturated rings. The third kappa shape index (κ3) is 6.46. The number of nitrogens with one attached hydrogen (secondary N) is 1. The Bertz CT molecular complexity index is 1800. The number of piperidine rings is 1. The van der Waals surface area contributed by atoms with E-state index < -0.39 is 11.4 Å². The molecule has 1 aromatic heterocycles. The average molecular weight is 788 g/mol. The number of aliphatic imine (C=N–C) groups is 1. The van der Waals surface area contributed by atoms with Crippen LogP contribution < -0.4 is 10.2 Å². The lowest BCUT2D eigenvalue weighted by molar-refractivity contribution is 0.0130. The minimum Gasteiger partial charge on any atom is -0.444 e. The second kappa shape index (κ2) is 12.8. The van der Waals surface area contributed by atoms with Crippen LogP contribution in [-0.2, 0) is 11.3 Å². The third-order valence-corrected chi connectivity index (χ3v) is 11.2. The van der Waals surface area contributed by atoms with E-state index in [9.17, 15) is 4.79 Å². The van der Waals surface area contributed by atoms with Crippen molar-refractivity contribution in [1.29, 1.82) is 0 Å². The van der Waals surface area contributed by atoms with Crippen LogP contribution in [0.25, 0.3) is 22.0 Å². The fourth-order valence-electron chi connectivity index (χ4n) is 7.39. The van der Waals surface area contributed by atoms with E-state index in [1.807, 2.05) is 46.8 Å². The van der Waals surface area contributed by atoms with Crippen molar-refractivity contribution in [2.24, 2.45) is 4.99 Å². The van der Waals surface area contributed by atoms with E-state index in [0.29, 0.717) is 47.4 Å². The van der Waals surface area contributed by atoms with Gasteiger partial charge in [0.2, 0.25) is 5.95 Å². The second-order valence-corrected chi connectivity index (χ2v) is 16.3. The number of aryl methyl sites for hydroxylation is 1. The van der Waals surface area contributed by atoms with Gasteiger partial charge in [-0.15, -0.1) is 0 Å². The number of piperazine rings is 1. The van der Waals surface area contributed by atoms with E-state index in [-0.39, 0.29) is 29.7 Å². The van der Waals surface area contributed by atoms with Crippen molar-refractivity contribution in [3.8, 4) is 11.1 Å². The number of aromatic nitrogens is 2. The Kier molecular flexibility index (Phi) is 9.02. The highest BCUT2D eigenvalue weighted by Gasteiger charge is 2.37. The van der Waals surface area contributed by atoms with Crippen LogP contribution in [0.15, 0.2) is 23.2 Å². The maximum absolute atomic E-state index is 17.2. The van der Waals surface area contributed by atoms with Gasteiger partial charge < -0.3 is 24.8 Å². The van der Waals surface area contributed by atoms with Gasteiger partial charge in [0.25, 0.3) is 0 Å². The lowest BCUT2D eigenvalue weighted by Crippen LogP contribution is -2.59. The van der Waals surface area contributed by atoms with E-state index in [2.05, 4.69) is 55.7 Å². The molecule has 1 aliphatic carbocycles. The molecule has 9 nitrogen and oxygen atoms in total. The molecule has 2 aromatic carbocycles. The van der Waals surface area contributed by atoms with Gasteiger partial charge in [0.05, 0.1) is 11.6 Å².